The molecule has 1 aromatic carbocycles. The molecule has 1 aromatic rings. The van der Waals surface area contributed by atoms with Crippen molar-refractivity contribution >= 4 is 5.97 Å². The van der Waals surface area contributed by atoms with Gasteiger partial charge in [-0.2, -0.15) is 0 Å². The number of benzene rings is 1. The van der Waals surface area contributed by atoms with Crippen LogP contribution >= 0.6 is 0 Å². The summed E-state index contributed by atoms with van der Waals surface area (Å²) >= 11 is 0. The molecule has 1 aliphatic rings. The smallest absolute Gasteiger partial charge is 0.332 e. The minimum atomic E-state index is -1.00. The molecular weight excluding hydrogens is 262 g/mol. The number of nitrogens with zero attached hydrogens (tertiary/aromatic N) is 1. The largest absolute Gasteiger partial charge is 0.455 e. The second-order valence-corrected chi connectivity index (χ2v) is 5.92. The molecule has 0 radical (unpaired) electrons. The van der Waals surface area contributed by atoms with Gasteiger partial charge in [0.15, 0.2) is 6.61 Å². The number of carbonyl (C=O) groups is 1. The van der Waals surface area contributed by atoms with Crippen LogP contribution in [0.2, 0.25) is 0 Å². The van der Waals surface area contributed by atoms with Gasteiger partial charge in [-0.05, 0) is 16.5 Å². The van der Waals surface area contributed by atoms with Crippen molar-refractivity contribution in [2.75, 3.05) is 6.61 Å². The molecule has 0 N–H and O–H groups in total. The van der Waals surface area contributed by atoms with Crippen molar-refractivity contribution in [1.29, 1.82) is 0 Å². The molecule has 2 rings (SSSR count). The van der Waals surface area contributed by atoms with Gasteiger partial charge in [0, 0.05) is 5.92 Å². The first-order valence-corrected chi connectivity index (χ1v) is 6.35. The lowest BCUT2D eigenvalue weighted by atomic mass is 9.76. The maximum atomic E-state index is 11.6. The average Bonchev–Trinajstić information content (AvgIpc) is 2.57. The summed E-state index contributed by atoms with van der Waals surface area (Å²) in [7, 11) is 0. The van der Waals surface area contributed by atoms with E-state index in [2.05, 4.69) is 25.6 Å². The molecule has 0 aromatic heterocycles. The van der Waals surface area contributed by atoms with Gasteiger partial charge in [-0.15, -0.1) is 10.1 Å². The number of rotatable bonds is 4. The minimum Gasteiger partial charge on any atom is -0.455 e. The van der Waals surface area contributed by atoms with Gasteiger partial charge in [-0.1, -0.05) is 45.0 Å². The Bertz CT molecular complexity index is 535. The van der Waals surface area contributed by atoms with Crippen LogP contribution in [0.1, 0.15) is 43.9 Å². The zero-order valence-electron chi connectivity index (χ0n) is 11.7. The third-order valence-corrected chi connectivity index (χ3v) is 3.38. The summed E-state index contributed by atoms with van der Waals surface area (Å²) in [6.45, 7) is 5.53. The Balaban J connectivity index is 2.13. The normalized spacial score (nSPS) is 20.6. The molecule has 0 saturated heterocycles. The van der Waals surface area contributed by atoms with E-state index in [0.717, 1.165) is 11.1 Å². The molecule has 0 spiro atoms. The minimum absolute atomic E-state index is 0.0343. The molecular formula is C14H17NO5. The number of hydrogen-bond acceptors (Lipinski definition) is 5. The summed E-state index contributed by atoms with van der Waals surface area (Å²) in [5.41, 5.74) is 1.94. The van der Waals surface area contributed by atoms with E-state index in [1.165, 1.54) is 0 Å². The Labute approximate surface area is 116 Å². The molecule has 2 unspecified atom stereocenters. The van der Waals surface area contributed by atoms with Gasteiger partial charge in [0.2, 0.25) is 0 Å². The number of carbonyl (C=O) groups excluding carboxylic acids is 1. The van der Waals surface area contributed by atoms with Crippen LogP contribution in [0.25, 0.3) is 0 Å². The topological polar surface area (TPSA) is 78.7 Å². The van der Waals surface area contributed by atoms with Crippen molar-refractivity contribution < 1.29 is 19.5 Å². The maximum Gasteiger partial charge on any atom is 0.332 e. The van der Waals surface area contributed by atoms with E-state index in [1.807, 2.05) is 24.3 Å². The third kappa shape index (κ3) is 2.89. The lowest BCUT2D eigenvalue weighted by Gasteiger charge is -2.32. The van der Waals surface area contributed by atoms with Gasteiger partial charge in [0.1, 0.15) is 6.10 Å². The standard InChI is InChI=1S/C14H17NO5/c1-14(2,3)12-9-5-4-6-10(7-9)13(12)20-11(16)8-19-15(17)18/h4-7,12-13H,8H2,1-3H3. The maximum absolute atomic E-state index is 11.6. The third-order valence-electron chi connectivity index (χ3n) is 3.38. The fourth-order valence-corrected chi connectivity index (χ4v) is 2.67. The van der Waals surface area contributed by atoms with Gasteiger partial charge in [0.05, 0.1) is 0 Å². The Morgan fingerprint density at radius 3 is 2.60 bits per heavy atom. The molecule has 2 bridgehead atoms. The van der Waals surface area contributed by atoms with E-state index in [0.29, 0.717) is 0 Å². The Morgan fingerprint density at radius 1 is 1.35 bits per heavy atom. The Morgan fingerprint density at radius 2 is 2.00 bits per heavy atom. The summed E-state index contributed by atoms with van der Waals surface area (Å²) in [5, 5.41) is 9.09. The van der Waals surface area contributed by atoms with Crippen molar-refractivity contribution in [1.82, 2.24) is 0 Å². The van der Waals surface area contributed by atoms with Crippen molar-refractivity contribution in [2.24, 2.45) is 5.41 Å². The van der Waals surface area contributed by atoms with Crippen LogP contribution in [0.5, 0.6) is 0 Å². The molecule has 0 saturated carbocycles. The first kappa shape index (κ1) is 14.3. The average molecular weight is 279 g/mol. The zero-order valence-corrected chi connectivity index (χ0v) is 11.7. The predicted molar refractivity (Wildman–Crippen MR) is 70.4 cm³/mol. The SMILES string of the molecule is CC(C)(C)C1c2cccc(c2)C1OC(=O)CO[N+](=O)[O-]. The second-order valence-electron chi connectivity index (χ2n) is 5.92. The van der Waals surface area contributed by atoms with Crippen molar-refractivity contribution in [3.63, 3.8) is 0 Å². The predicted octanol–water partition coefficient (Wildman–Crippen LogP) is 2.62. The Kier molecular flexibility index (Phi) is 3.65. The highest BCUT2D eigenvalue weighted by molar-refractivity contribution is 5.71. The molecule has 108 valence electrons. The summed E-state index contributed by atoms with van der Waals surface area (Å²) in [6, 6.07) is 7.81. The van der Waals surface area contributed by atoms with Gasteiger partial charge in [-0.25, -0.2) is 4.79 Å². The van der Waals surface area contributed by atoms with Crippen LogP contribution in [-0.4, -0.2) is 17.7 Å². The summed E-state index contributed by atoms with van der Waals surface area (Å²) in [5.74, 6) is -0.699. The van der Waals surface area contributed by atoms with Gasteiger partial charge < -0.3 is 9.57 Å². The van der Waals surface area contributed by atoms with Crippen LogP contribution in [0.15, 0.2) is 24.3 Å². The van der Waals surface area contributed by atoms with Crippen LogP contribution < -0.4 is 0 Å². The molecule has 0 fully saturated rings. The monoisotopic (exact) mass is 279 g/mol. The van der Waals surface area contributed by atoms with Crippen LogP contribution in [-0.2, 0) is 14.4 Å². The fourth-order valence-electron chi connectivity index (χ4n) is 2.67. The van der Waals surface area contributed by atoms with E-state index in [9.17, 15) is 14.9 Å². The van der Waals surface area contributed by atoms with Crippen molar-refractivity contribution in [3.8, 4) is 0 Å². The van der Waals surface area contributed by atoms with E-state index in [1.54, 1.807) is 0 Å². The number of hydrogen-bond donors (Lipinski definition) is 0. The highest BCUT2D eigenvalue weighted by Gasteiger charge is 2.41. The molecule has 6 heteroatoms. The molecule has 0 aliphatic heterocycles. The van der Waals surface area contributed by atoms with Gasteiger partial charge in [-0.3, -0.25) is 0 Å². The van der Waals surface area contributed by atoms with E-state index in [4.69, 9.17) is 4.74 Å². The van der Waals surface area contributed by atoms with Gasteiger partial charge >= 0.3 is 5.97 Å². The molecule has 1 aliphatic carbocycles. The molecule has 0 amide bonds. The second kappa shape index (κ2) is 5.11. The molecule has 20 heavy (non-hydrogen) atoms. The van der Waals surface area contributed by atoms with E-state index < -0.39 is 23.8 Å². The molecule has 0 heterocycles. The quantitative estimate of drug-likeness (QED) is 0.481. The molecule has 2 atom stereocenters. The lowest BCUT2D eigenvalue weighted by molar-refractivity contribution is -0.754. The summed E-state index contributed by atoms with van der Waals surface area (Å²) in [6.07, 6.45) is -0.414. The highest BCUT2D eigenvalue weighted by atomic mass is 17.0. The number of ether oxygens (including phenoxy) is 1. The van der Waals surface area contributed by atoms with Crippen LogP contribution in [0, 0.1) is 15.5 Å². The summed E-state index contributed by atoms with van der Waals surface area (Å²) < 4.78 is 5.39. The van der Waals surface area contributed by atoms with Crippen molar-refractivity contribution in [2.45, 2.75) is 32.8 Å². The van der Waals surface area contributed by atoms with Crippen molar-refractivity contribution in [3.05, 3.63) is 45.5 Å². The summed E-state index contributed by atoms with van der Waals surface area (Å²) in [4.78, 5) is 25.8. The van der Waals surface area contributed by atoms with E-state index in [-0.39, 0.29) is 11.3 Å². The first-order valence-electron chi connectivity index (χ1n) is 6.35. The zero-order chi connectivity index (χ0) is 14.9. The van der Waals surface area contributed by atoms with Crippen LogP contribution in [0.3, 0.4) is 0 Å². The lowest BCUT2D eigenvalue weighted by Crippen LogP contribution is -2.26. The highest BCUT2D eigenvalue weighted by Crippen LogP contribution is 2.50. The first-order chi connectivity index (χ1) is 9.29. The fraction of sp³-hybridized carbons (Fsp3) is 0.500. The van der Waals surface area contributed by atoms with E-state index >= 15 is 0 Å². The van der Waals surface area contributed by atoms with Gasteiger partial charge in [0.25, 0.3) is 5.09 Å². The molecule has 6 nitrogen and oxygen atoms in total. The van der Waals surface area contributed by atoms with Crippen LogP contribution in [0.4, 0.5) is 0 Å². The number of esters is 1. The number of fused-ring (bicyclic) bond motifs is 2. The Hall–Kier alpha value is -2.11.